The van der Waals surface area contributed by atoms with Crippen molar-refractivity contribution >= 4 is 29.2 Å². The van der Waals surface area contributed by atoms with Crippen molar-refractivity contribution in [2.75, 3.05) is 12.4 Å². The molecule has 2 amide bonds. The first-order valence-electron chi connectivity index (χ1n) is 10.9. The molecule has 0 bridgehead atoms. The van der Waals surface area contributed by atoms with Gasteiger partial charge in [0.2, 0.25) is 0 Å². The molecule has 35 heavy (non-hydrogen) atoms. The molecule has 0 radical (unpaired) electrons. The lowest BCUT2D eigenvalue weighted by atomic mass is 10.1. The van der Waals surface area contributed by atoms with Crippen molar-refractivity contribution in [3.05, 3.63) is 88.5 Å². The number of carbonyl (C=O) groups is 3. The Bertz CT molecular complexity index is 1290. The van der Waals surface area contributed by atoms with Crippen LogP contribution in [-0.2, 0) is 9.59 Å². The fraction of sp³-hybridized carbons (Fsp3) is 0.185. The highest BCUT2D eigenvalue weighted by molar-refractivity contribution is 6.39. The lowest BCUT2D eigenvalue weighted by Crippen LogP contribution is -2.33. The van der Waals surface area contributed by atoms with E-state index in [1.54, 1.807) is 55.5 Å². The maximum absolute atomic E-state index is 12.5. The van der Waals surface area contributed by atoms with Crippen LogP contribution < -0.4 is 20.2 Å². The zero-order valence-electron chi connectivity index (χ0n) is 20.3. The molecule has 0 unspecified atom stereocenters. The van der Waals surface area contributed by atoms with Gasteiger partial charge in [0.15, 0.2) is 11.5 Å². The highest BCUT2D eigenvalue weighted by atomic mass is 16.6. The molecule has 8 heteroatoms. The first kappa shape index (κ1) is 25.2. The van der Waals surface area contributed by atoms with E-state index >= 15 is 0 Å². The van der Waals surface area contributed by atoms with Crippen molar-refractivity contribution in [1.29, 1.82) is 0 Å². The normalized spacial score (nSPS) is 10.9. The molecular weight excluding hydrogens is 446 g/mol. The number of hydrazone groups is 1. The second-order valence-electron chi connectivity index (χ2n) is 8.09. The van der Waals surface area contributed by atoms with Crippen molar-refractivity contribution in [2.24, 2.45) is 5.10 Å². The Morgan fingerprint density at radius 2 is 1.49 bits per heavy atom. The topological polar surface area (TPSA) is 106 Å². The van der Waals surface area contributed by atoms with E-state index in [2.05, 4.69) is 15.8 Å². The quantitative estimate of drug-likeness (QED) is 0.182. The highest BCUT2D eigenvalue weighted by Gasteiger charge is 2.16. The van der Waals surface area contributed by atoms with Crippen LogP contribution in [0.5, 0.6) is 11.5 Å². The van der Waals surface area contributed by atoms with Crippen molar-refractivity contribution in [1.82, 2.24) is 5.43 Å². The monoisotopic (exact) mass is 473 g/mol. The van der Waals surface area contributed by atoms with E-state index in [9.17, 15) is 14.4 Å². The molecule has 0 saturated carbocycles. The Hall–Kier alpha value is -4.46. The van der Waals surface area contributed by atoms with Crippen molar-refractivity contribution in [3.63, 3.8) is 0 Å². The van der Waals surface area contributed by atoms with Gasteiger partial charge in [-0.3, -0.25) is 9.59 Å². The summed E-state index contributed by atoms with van der Waals surface area (Å²) in [5.41, 5.74) is 7.12. The predicted octanol–water partition coefficient (Wildman–Crippen LogP) is 4.32. The lowest BCUT2D eigenvalue weighted by molar-refractivity contribution is -0.136. The third kappa shape index (κ3) is 6.77. The van der Waals surface area contributed by atoms with Crippen LogP contribution in [0, 0.1) is 20.8 Å². The Kier molecular flexibility index (Phi) is 7.99. The average Bonchev–Trinajstić information content (AvgIpc) is 2.81. The van der Waals surface area contributed by atoms with Gasteiger partial charge in [0.05, 0.1) is 18.4 Å². The molecular formula is C27H27N3O5. The van der Waals surface area contributed by atoms with Crippen LogP contribution >= 0.6 is 0 Å². The van der Waals surface area contributed by atoms with Gasteiger partial charge in [-0.2, -0.15) is 5.10 Å². The summed E-state index contributed by atoms with van der Waals surface area (Å²) in [5, 5.41) is 6.57. The molecule has 0 fully saturated rings. The Labute approximate surface area is 204 Å². The number of hydrogen-bond acceptors (Lipinski definition) is 6. The zero-order chi connectivity index (χ0) is 25.5. The molecule has 0 saturated heterocycles. The van der Waals surface area contributed by atoms with Crippen molar-refractivity contribution < 1.29 is 23.9 Å². The van der Waals surface area contributed by atoms with E-state index in [-0.39, 0.29) is 5.75 Å². The summed E-state index contributed by atoms with van der Waals surface area (Å²) in [6.45, 7) is 7.36. The predicted molar refractivity (Wildman–Crippen MR) is 134 cm³/mol. The van der Waals surface area contributed by atoms with Crippen LogP contribution in [0.25, 0.3) is 0 Å². The lowest BCUT2D eigenvalue weighted by Gasteiger charge is -2.11. The van der Waals surface area contributed by atoms with Gasteiger partial charge in [-0.25, -0.2) is 10.2 Å². The summed E-state index contributed by atoms with van der Waals surface area (Å²) >= 11 is 0. The van der Waals surface area contributed by atoms with Crippen LogP contribution in [-0.4, -0.2) is 30.6 Å². The van der Waals surface area contributed by atoms with Crippen molar-refractivity contribution in [3.8, 4) is 11.5 Å². The number of carbonyl (C=O) groups excluding carboxylic acids is 3. The maximum Gasteiger partial charge on any atom is 0.343 e. The number of esters is 1. The van der Waals surface area contributed by atoms with Gasteiger partial charge in [0, 0.05) is 11.3 Å². The number of rotatable bonds is 6. The standard InChI is InChI=1S/C27H27N3O5/c1-16-7-6-8-21(12-16)27(33)35-23-10-9-20(15-24(23)34-5)19(4)29-30-26(32)25(31)28-22-13-17(2)11-18(3)14-22/h6-15H,1-5H3,(H,28,31)(H,30,32)/b29-19+. The number of amides is 2. The summed E-state index contributed by atoms with van der Waals surface area (Å²) in [4.78, 5) is 36.9. The minimum atomic E-state index is -0.904. The molecule has 0 spiro atoms. The minimum absolute atomic E-state index is 0.243. The van der Waals surface area contributed by atoms with Crippen molar-refractivity contribution in [2.45, 2.75) is 27.7 Å². The molecule has 3 rings (SSSR count). The number of anilines is 1. The summed E-state index contributed by atoms with van der Waals surface area (Å²) in [5.74, 6) is -1.68. The fourth-order valence-electron chi connectivity index (χ4n) is 3.39. The third-order valence-corrected chi connectivity index (χ3v) is 5.05. The number of benzene rings is 3. The molecule has 180 valence electrons. The second-order valence-corrected chi connectivity index (χ2v) is 8.09. The van der Waals surface area contributed by atoms with Gasteiger partial charge >= 0.3 is 17.8 Å². The molecule has 0 aromatic heterocycles. The Morgan fingerprint density at radius 3 is 2.14 bits per heavy atom. The number of nitrogens with zero attached hydrogens (tertiary/aromatic N) is 1. The third-order valence-electron chi connectivity index (χ3n) is 5.05. The summed E-state index contributed by atoms with van der Waals surface area (Å²) in [7, 11) is 1.45. The zero-order valence-corrected chi connectivity index (χ0v) is 20.3. The van der Waals surface area contributed by atoms with Crippen LogP contribution in [0.3, 0.4) is 0 Å². The minimum Gasteiger partial charge on any atom is -0.493 e. The second kappa shape index (κ2) is 11.1. The van der Waals surface area contributed by atoms with E-state index in [1.165, 1.54) is 7.11 Å². The summed E-state index contributed by atoms with van der Waals surface area (Å²) in [6.07, 6.45) is 0. The van der Waals surface area contributed by atoms with E-state index in [1.807, 2.05) is 32.9 Å². The summed E-state index contributed by atoms with van der Waals surface area (Å²) in [6, 6.07) is 17.5. The van der Waals surface area contributed by atoms with E-state index in [0.29, 0.717) is 28.3 Å². The smallest absolute Gasteiger partial charge is 0.343 e. The van der Waals surface area contributed by atoms with E-state index < -0.39 is 17.8 Å². The van der Waals surface area contributed by atoms with Crippen LogP contribution in [0.1, 0.15) is 39.5 Å². The number of aryl methyl sites for hydroxylation is 3. The van der Waals surface area contributed by atoms with Crippen LogP contribution in [0.4, 0.5) is 5.69 Å². The SMILES string of the molecule is COc1cc(/C(C)=N/NC(=O)C(=O)Nc2cc(C)cc(C)c2)ccc1OC(=O)c1cccc(C)c1. The molecule has 3 aromatic carbocycles. The first-order valence-corrected chi connectivity index (χ1v) is 10.9. The molecule has 0 aliphatic carbocycles. The molecule has 8 nitrogen and oxygen atoms in total. The van der Waals surface area contributed by atoms with Gasteiger partial charge < -0.3 is 14.8 Å². The summed E-state index contributed by atoms with van der Waals surface area (Å²) < 4.78 is 10.9. The molecule has 0 atom stereocenters. The molecule has 0 aliphatic rings. The van der Waals surface area contributed by atoms with Crippen LogP contribution in [0.2, 0.25) is 0 Å². The van der Waals surface area contributed by atoms with Gasteiger partial charge in [-0.15, -0.1) is 0 Å². The van der Waals surface area contributed by atoms with E-state index in [0.717, 1.165) is 16.7 Å². The molecule has 3 aromatic rings. The number of hydrogen-bond donors (Lipinski definition) is 2. The largest absolute Gasteiger partial charge is 0.493 e. The Balaban J connectivity index is 1.67. The molecule has 2 N–H and O–H groups in total. The van der Waals surface area contributed by atoms with Gasteiger partial charge in [0.1, 0.15) is 0 Å². The maximum atomic E-state index is 12.5. The van der Waals surface area contributed by atoms with Gasteiger partial charge in [0.25, 0.3) is 0 Å². The van der Waals surface area contributed by atoms with Crippen LogP contribution in [0.15, 0.2) is 65.8 Å². The molecule has 0 aliphatic heterocycles. The van der Waals surface area contributed by atoms with E-state index in [4.69, 9.17) is 9.47 Å². The number of methoxy groups -OCH3 is 1. The number of nitrogens with one attached hydrogen (secondary N) is 2. The fourth-order valence-corrected chi connectivity index (χ4v) is 3.39. The van der Waals surface area contributed by atoms with Gasteiger partial charge in [-0.1, -0.05) is 23.8 Å². The molecule has 0 heterocycles. The number of ether oxygens (including phenoxy) is 2. The average molecular weight is 474 g/mol. The van der Waals surface area contributed by atoms with Gasteiger partial charge in [-0.05, 0) is 81.3 Å². The first-order chi connectivity index (χ1) is 16.7. The highest BCUT2D eigenvalue weighted by Crippen LogP contribution is 2.29. The Morgan fingerprint density at radius 1 is 0.771 bits per heavy atom.